The maximum absolute atomic E-state index is 12.3. The van der Waals surface area contributed by atoms with Gasteiger partial charge in [0.2, 0.25) is 11.7 Å². The summed E-state index contributed by atoms with van der Waals surface area (Å²) in [6, 6.07) is 12.8. The number of nitrogens with one attached hydrogen (secondary N) is 1. The summed E-state index contributed by atoms with van der Waals surface area (Å²) < 4.78 is 10.3. The zero-order chi connectivity index (χ0) is 18.4. The van der Waals surface area contributed by atoms with Gasteiger partial charge in [0.25, 0.3) is 0 Å². The minimum Gasteiger partial charge on any atom is -0.497 e. The van der Waals surface area contributed by atoms with Crippen LogP contribution in [0.1, 0.15) is 34.6 Å². The van der Waals surface area contributed by atoms with E-state index in [0.717, 1.165) is 0 Å². The molecule has 0 spiro atoms. The summed E-state index contributed by atoms with van der Waals surface area (Å²) in [5, 5.41) is 2.61. The molecule has 0 aliphatic carbocycles. The highest BCUT2D eigenvalue weighted by atomic mass is 16.5. The molecule has 2 aromatic rings. The van der Waals surface area contributed by atoms with Gasteiger partial charge < -0.3 is 14.8 Å². The standard InChI is InChI=1S/C19H19NO5/c1-12(18(22)14-6-10-17(24-3)11-7-14)25-19(23)15-4-8-16(9-5-15)20-13(2)21/h4-12H,1-3H3,(H,20,21)/t12-/m1/s1. The van der Waals surface area contributed by atoms with E-state index in [9.17, 15) is 14.4 Å². The van der Waals surface area contributed by atoms with Crippen molar-refractivity contribution >= 4 is 23.3 Å². The van der Waals surface area contributed by atoms with Crippen molar-refractivity contribution in [2.75, 3.05) is 12.4 Å². The molecule has 0 saturated carbocycles. The third-order valence-corrected chi connectivity index (χ3v) is 3.47. The molecule has 1 amide bonds. The van der Waals surface area contributed by atoms with Gasteiger partial charge in [0.15, 0.2) is 6.10 Å². The fourth-order valence-corrected chi connectivity index (χ4v) is 2.17. The van der Waals surface area contributed by atoms with Crippen molar-refractivity contribution in [3.63, 3.8) is 0 Å². The van der Waals surface area contributed by atoms with Crippen molar-refractivity contribution in [2.45, 2.75) is 20.0 Å². The van der Waals surface area contributed by atoms with Gasteiger partial charge in [0.1, 0.15) is 5.75 Å². The van der Waals surface area contributed by atoms with Crippen LogP contribution in [-0.4, -0.2) is 30.9 Å². The number of amides is 1. The van der Waals surface area contributed by atoms with Gasteiger partial charge >= 0.3 is 5.97 Å². The van der Waals surface area contributed by atoms with E-state index in [-0.39, 0.29) is 11.7 Å². The van der Waals surface area contributed by atoms with E-state index in [1.807, 2.05) is 0 Å². The minimum atomic E-state index is -0.920. The Hall–Kier alpha value is -3.15. The molecule has 0 bridgehead atoms. The van der Waals surface area contributed by atoms with Crippen LogP contribution in [0.3, 0.4) is 0 Å². The van der Waals surface area contributed by atoms with Gasteiger partial charge in [-0.1, -0.05) is 0 Å². The summed E-state index contributed by atoms with van der Waals surface area (Å²) in [5.74, 6) is -0.468. The Bertz CT molecular complexity index is 765. The number of hydrogen-bond acceptors (Lipinski definition) is 5. The van der Waals surface area contributed by atoms with Crippen LogP contribution in [0, 0.1) is 0 Å². The van der Waals surface area contributed by atoms with Crippen LogP contribution in [0.2, 0.25) is 0 Å². The Morgan fingerprint density at radius 2 is 1.48 bits per heavy atom. The van der Waals surface area contributed by atoms with Crippen molar-refractivity contribution in [3.05, 3.63) is 59.7 Å². The van der Waals surface area contributed by atoms with Crippen LogP contribution in [0.15, 0.2) is 48.5 Å². The number of Topliss-reactive ketones (excluding diaryl/α,β-unsaturated/α-hetero) is 1. The van der Waals surface area contributed by atoms with Crippen molar-refractivity contribution in [1.29, 1.82) is 0 Å². The van der Waals surface area contributed by atoms with Crippen LogP contribution >= 0.6 is 0 Å². The van der Waals surface area contributed by atoms with Crippen LogP contribution in [0.25, 0.3) is 0 Å². The minimum absolute atomic E-state index is 0.200. The molecule has 2 aromatic carbocycles. The first-order chi connectivity index (χ1) is 11.9. The molecule has 1 N–H and O–H groups in total. The summed E-state index contributed by atoms with van der Waals surface area (Å²) in [5.41, 5.74) is 1.30. The van der Waals surface area contributed by atoms with Crippen molar-refractivity contribution < 1.29 is 23.9 Å². The average molecular weight is 341 g/mol. The molecule has 0 aliphatic heterocycles. The first-order valence-electron chi connectivity index (χ1n) is 7.67. The third kappa shape index (κ3) is 4.91. The Kier molecular flexibility index (Phi) is 5.89. The summed E-state index contributed by atoms with van der Waals surface area (Å²) in [7, 11) is 1.54. The lowest BCUT2D eigenvalue weighted by molar-refractivity contribution is -0.114. The van der Waals surface area contributed by atoms with Crippen molar-refractivity contribution in [3.8, 4) is 5.75 Å². The second kappa shape index (κ2) is 8.10. The van der Waals surface area contributed by atoms with Gasteiger partial charge in [-0.15, -0.1) is 0 Å². The summed E-state index contributed by atoms with van der Waals surface area (Å²) in [6.07, 6.45) is -0.920. The summed E-state index contributed by atoms with van der Waals surface area (Å²) in [4.78, 5) is 35.4. The molecule has 0 fully saturated rings. The number of methoxy groups -OCH3 is 1. The number of rotatable bonds is 6. The van der Waals surface area contributed by atoms with E-state index < -0.39 is 12.1 Å². The van der Waals surface area contributed by atoms with E-state index in [4.69, 9.17) is 9.47 Å². The number of anilines is 1. The van der Waals surface area contributed by atoms with Crippen LogP contribution in [0.4, 0.5) is 5.69 Å². The van der Waals surface area contributed by atoms with E-state index in [2.05, 4.69) is 5.32 Å². The summed E-state index contributed by atoms with van der Waals surface area (Å²) >= 11 is 0. The number of carbonyl (C=O) groups is 3. The second-order valence-electron chi connectivity index (χ2n) is 5.40. The van der Waals surface area contributed by atoms with Gasteiger partial charge in [-0.2, -0.15) is 0 Å². The molecule has 2 rings (SSSR count). The second-order valence-corrected chi connectivity index (χ2v) is 5.40. The lowest BCUT2D eigenvalue weighted by Crippen LogP contribution is -2.24. The lowest BCUT2D eigenvalue weighted by atomic mass is 10.1. The first-order valence-corrected chi connectivity index (χ1v) is 7.67. The molecule has 6 nitrogen and oxygen atoms in total. The average Bonchev–Trinajstić information content (AvgIpc) is 2.61. The quantitative estimate of drug-likeness (QED) is 0.645. The zero-order valence-corrected chi connectivity index (χ0v) is 14.2. The van der Waals surface area contributed by atoms with Gasteiger partial charge in [-0.05, 0) is 55.5 Å². The number of ketones is 1. The van der Waals surface area contributed by atoms with Gasteiger partial charge in [0.05, 0.1) is 12.7 Å². The molecule has 0 saturated heterocycles. The SMILES string of the molecule is COc1ccc(C(=O)[C@@H](C)OC(=O)c2ccc(NC(C)=O)cc2)cc1. The van der Waals surface area contributed by atoms with E-state index in [0.29, 0.717) is 22.6 Å². The number of benzene rings is 2. The van der Waals surface area contributed by atoms with Crippen LogP contribution in [-0.2, 0) is 9.53 Å². The zero-order valence-electron chi connectivity index (χ0n) is 14.2. The molecule has 130 valence electrons. The van der Waals surface area contributed by atoms with Gasteiger partial charge in [0, 0.05) is 18.2 Å². The van der Waals surface area contributed by atoms with E-state index in [1.54, 1.807) is 43.5 Å². The fraction of sp³-hybridized carbons (Fsp3) is 0.211. The van der Waals surface area contributed by atoms with Crippen LogP contribution < -0.4 is 10.1 Å². The maximum atomic E-state index is 12.3. The molecular weight excluding hydrogens is 322 g/mol. The highest BCUT2D eigenvalue weighted by Gasteiger charge is 2.20. The Labute approximate surface area is 145 Å². The Balaban J connectivity index is 2.00. The highest BCUT2D eigenvalue weighted by Crippen LogP contribution is 2.15. The summed E-state index contributed by atoms with van der Waals surface area (Å²) in [6.45, 7) is 2.92. The molecule has 0 heterocycles. The van der Waals surface area contributed by atoms with E-state index >= 15 is 0 Å². The maximum Gasteiger partial charge on any atom is 0.338 e. The Morgan fingerprint density at radius 3 is 2.00 bits per heavy atom. The molecule has 0 radical (unpaired) electrons. The number of carbonyl (C=O) groups excluding carboxylic acids is 3. The number of esters is 1. The van der Waals surface area contributed by atoms with Gasteiger partial charge in [-0.3, -0.25) is 9.59 Å². The molecule has 6 heteroatoms. The largest absolute Gasteiger partial charge is 0.497 e. The first kappa shape index (κ1) is 18.2. The third-order valence-electron chi connectivity index (χ3n) is 3.47. The smallest absolute Gasteiger partial charge is 0.338 e. The fourth-order valence-electron chi connectivity index (χ4n) is 2.17. The van der Waals surface area contributed by atoms with Crippen molar-refractivity contribution in [2.24, 2.45) is 0 Å². The molecule has 25 heavy (non-hydrogen) atoms. The van der Waals surface area contributed by atoms with Gasteiger partial charge in [-0.25, -0.2) is 4.79 Å². The highest BCUT2D eigenvalue weighted by molar-refractivity contribution is 6.01. The van der Waals surface area contributed by atoms with E-state index in [1.165, 1.54) is 26.0 Å². The Morgan fingerprint density at radius 1 is 0.920 bits per heavy atom. The number of hydrogen-bond donors (Lipinski definition) is 1. The normalized spacial score (nSPS) is 11.3. The molecular formula is C19H19NO5. The lowest BCUT2D eigenvalue weighted by Gasteiger charge is -2.13. The predicted molar refractivity (Wildman–Crippen MR) is 92.9 cm³/mol. The number of ether oxygens (including phenoxy) is 2. The molecule has 0 aromatic heterocycles. The molecule has 1 atom stereocenters. The molecule has 0 aliphatic rings. The monoisotopic (exact) mass is 341 g/mol. The topological polar surface area (TPSA) is 81.7 Å². The van der Waals surface area contributed by atoms with Crippen LogP contribution in [0.5, 0.6) is 5.75 Å². The predicted octanol–water partition coefficient (Wildman–Crippen LogP) is 3.08. The van der Waals surface area contributed by atoms with Crippen molar-refractivity contribution in [1.82, 2.24) is 0 Å². The molecule has 0 unspecified atom stereocenters.